The third-order valence-corrected chi connectivity index (χ3v) is 5.33. The second-order valence-electron chi connectivity index (χ2n) is 6.21. The molecule has 3 aromatic heterocycles. The molecular formula is C17H17BrN6O2. The summed E-state index contributed by atoms with van der Waals surface area (Å²) in [6.07, 6.45) is 5.16. The van der Waals surface area contributed by atoms with E-state index in [1.54, 1.807) is 19.4 Å². The van der Waals surface area contributed by atoms with Gasteiger partial charge in [-0.15, -0.1) is 0 Å². The molecule has 0 radical (unpaired) electrons. The Morgan fingerprint density at radius 2 is 2.08 bits per heavy atom. The van der Waals surface area contributed by atoms with Crippen molar-refractivity contribution in [1.29, 1.82) is 0 Å². The van der Waals surface area contributed by atoms with E-state index < -0.39 is 0 Å². The first kappa shape index (κ1) is 16.9. The number of aromatic nitrogens is 5. The lowest BCUT2D eigenvalue weighted by molar-refractivity contribution is 0.329. The fraction of sp³-hybridized carbons (Fsp3) is 0.353. The fourth-order valence-electron chi connectivity index (χ4n) is 3.09. The van der Waals surface area contributed by atoms with Crippen LogP contribution in [-0.2, 0) is 7.05 Å². The van der Waals surface area contributed by atoms with E-state index in [9.17, 15) is 4.79 Å². The van der Waals surface area contributed by atoms with E-state index in [2.05, 4.69) is 41.1 Å². The van der Waals surface area contributed by atoms with Crippen molar-refractivity contribution in [1.82, 2.24) is 24.9 Å². The molecule has 0 N–H and O–H groups in total. The quantitative estimate of drug-likeness (QED) is 0.646. The molecule has 1 saturated heterocycles. The first-order valence-electron chi connectivity index (χ1n) is 8.35. The van der Waals surface area contributed by atoms with Crippen LogP contribution in [0.4, 0.5) is 5.69 Å². The van der Waals surface area contributed by atoms with Crippen LogP contribution in [0.5, 0.6) is 0 Å². The number of pyridine rings is 1. The van der Waals surface area contributed by atoms with Gasteiger partial charge in [0.2, 0.25) is 11.7 Å². The van der Waals surface area contributed by atoms with Crippen molar-refractivity contribution in [3.8, 4) is 11.5 Å². The molecule has 1 aliphatic heterocycles. The zero-order valence-electron chi connectivity index (χ0n) is 14.2. The second kappa shape index (κ2) is 6.99. The van der Waals surface area contributed by atoms with Gasteiger partial charge in [0.05, 0.1) is 11.9 Å². The summed E-state index contributed by atoms with van der Waals surface area (Å²) >= 11 is 3.39. The van der Waals surface area contributed by atoms with E-state index in [0.717, 1.165) is 31.6 Å². The molecule has 0 aliphatic carbocycles. The van der Waals surface area contributed by atoms with E-state index in [1.807, 2.05) is 18.2 Å². The zero-order chi connectivity index (χ0) is 18.1. The van der Waals surface area contributed by atoms with Crippen LogP contribution in [0.15, 0.2) is 44.4 Å². The number of anilines is 1. The SMILES string of the molecule is Cn1ncc(N2CCC(c3nc(-c4ccccn4)no3)CC2)c(Br)c1=O. The maximum absolute atomic E-state index is 12.0. The number of hydrogen-bond acceptors (Lipinski definition) is 7. The molecule has 0 unspecified atom stereocenters. The van der Waals surface area contributed by atoms with Crippen molar-refractivity contribution in [3.63, 3.8) is 0 Å². The van der Waals surface area contributed by atoms with Crippen LogP contribution in [0.25, 0.3) is 11.5 Å². The molecule has 9 heteroatoms. The third kappa shape index (κ3) is 3.14. The summed E-state index contributed by atoms with van der Waals surface area (Å²) in [6, 6.07) is 5.61. The average molecular weight is 417 g/mol. The lowest BCUT2D eigenvalue weighted by atomic mass is 9.96. The van der Waals surface area contributed by atoms with E-state index in [4.69, 9.17) is 4.52 Å². The van der Waals surface area contributed by atoms with Crippen LogP contribution in [0.2, 0.25) is 0 Å². The van der Waals surface area contributed by atoms with Gasteiger partial charge in [-0.1, -0.05) is 11.2 Å². The van der Waals surface area contributed by atoms with Crippen LogP contribution >= 0.6 is 15.9 Å². The molecule has 26 heavy (non-hydrogen) atoms. The first-order valence-corrected chi connectivity index (χ1v) is 9.14. The minimum absolute atomic E-state index is 0.137. The van der Waals surface area contributed by atoms with Crippen LogP contribution in [0.3, 0.4) is 0 Å². The van der Waals surface area contributed by atoms with E-state index in [0.29, 0.717) is 21.9 Å². The Morgan fingerprint density at radius 3 is 2.81 bits per heavy atom. The number of halogens is 1. The Kier molecular flexibility index (Phi) is 4.54. The predicted octanol–water partition coefficient (Wildman–Crippen LogP) is 2.37. The van der Waals surface area contributed by atoms with Gasteiger partial charge in [0.15, 0.2) is 0 Å². The van der Waals surface area contributed by atoms with E-state index in [-0.39, 0.29) is 11.5 Å². The molecule has 4 rings (SSSR count). The Bertz CT molecular complexity index is 963. The maximum atomic E-state index is 12.0. The van der Waals surface area contributed by atoms with Gasteiger partial charge in [0.1, 0.15) is 10.2 Å². The zero-order valence-corrected chi connectivity index (χ0v) is 15.8. The van der Waals surface area contributed by atoms with E-state index in [1.165, 1.54) is 4.68 Å². The molecule has 1 fully saturated rings. The topological polar surface area (TPSA) is 89.9 Å². The predicted molar refractivity (Wildman–Crippen MR) is 98.9 cm³/mol. The summed E-state index contributed by atoms with van der Waals surface area (Å²) in [7, 11) is 1.64. The Hall–Kier alpha value is -2.55. The molecule has 0 bridgehead atoms. The molecule has 0 aromatic carbocycles. The summed E-state index contributed by atoms with van der Waals surface area (Å²) in [5.74, 6) is 1.36. The highest BCUT2D eigenvalue weighted by Crippen LogP contribution is 2.32. The summed E-state index contributed by atoms with van der Waals surface area (Å²) in [6.45, 7) is 1.58. The van der Waals surface area contributed by atoms with Gasteiger partial charge in [-0.25, -0.2) is 4.68 Å². The van der Waals surface area contributed by atoms with Gasteiger partial charge >= 0.3 is 0 Å². The summed E-state index contributed by atoms with van der Waals surface area (Å²) in [4.78, 5) is 23.0. The molecule has 4 heterocycles. The highest BCUT2D eigenvalue weighted by molar-refractivity contribution is 9.10. The Morgan fingerprint density at radius 1 is 1.27 bits per heavy atom. The van der Waals surface area contributed by atoms with Gasteiger partial charge in [-0.2, -0.15) is 10.1 Å². The molecular weight excluding hydrogens is 400 g/mol. The minimum Gasteiger partial charge on any atom is -0.369 e. The normalized spacial score (nSPS) is 15.4. The molecule has 1 aliphatic rings. The van der Waals surface area contributed by atoms with Crippen LogP contribution < -0.4 is 10.5 Å². The fourth-order valence-corrected chi connectivity index (χ4v) is 3.70. The molecule has 0 amide bonds. The highest BCUT2D eigenvalue weighted by Gasteiger charge is 2.27. The molecule has 0 saturated carbocycles. The number of rotatable bonds is 3. The van der Waals surface area contributed by atoms with Crippen molar-refractivity contribution in [2.24, 2.45) is 7.05 Å². The van der Waals surface area contributed by atoms with Crippen molar-refractivity contribution >= 4 is 21.6 Å². The number of aryl methyl sites for hydroxylation is 1. The second-order valence-corrected chi connectivity index (χ2v) is 7.00. The largest absolute Gasteiger partial charge is 0.369 e. The number of hydrogen-bond donors (Lipinski definition) is 0. The monoisotopic (exact) mass is 416 g/mol. The molecule has 3 aromatic rings. The maximum Gasteiger partial charge on any atom is 0.282 e. The minimum atomic E-state index is -0.137. The van der Waals surface area contributed by atoms with Crippen molar-refractivity contribution in [3.05, 3.63) is 51.3 Å². The molecule has 0 atom stereocenters. The Balaban J connectivity index is 1.47. The van der Waals surface area contributed by atoms with Crippen molar-refractivity contribution in [2.75, 3.05) is 18.0 Å². The van der Waals surface area contributed by atoms with Crippen LogP contribution in [0, 0.1) is 0 Å². The highest BCUT2D eigenvalue weighted by atomic mass is 79.9. The molecule has 8 nitrogen and oxygen atoms in total. The van der Waals surface area contributed by atoms with Crippen LogP contribution in [-0.4, -0.2) is 38.0 Å². The van der Waals surface area contributed by atoms with Crippen molar-refractivity contribution < 1.29 is 4.52 Å². The molecule has 134 valence electrons. The van der Waals surface area contributed by atoms with Gasteiger partial charge in [-0.05, 0) is 40.9 Å². The standard InChI is InChI=1S/C17H17BrN6O2/c1-23-17(25)14(18)13(10-20-23)24-8-5-11(6-9-24)16-21-15(22-26-16)12-4-2-3-7-19-12/h2-4,7,10-11H,5-6,8-9H2,1H3. The summed E-state index contributed by atoms with van der Waals surface area (Å²) in [5, 5.41) is 8.16. The van der Waals surface area contributed by atoms with Gasteiger partial charge in [-0.3, -0.25) is 9.78 Å². The van der Waals surface area contributed by atoms with Gasteiger partial charge in [0.25, 0.3) is 5.56 Å². The lowest BCUT2D eigenvalue weighted by Crippen LogP contribution is -2.35. The first-order chi connectivity index (χ1) is 12.6. The van der Waals surface area contributed by atoms with Gasteiger partial charge < -0.3 is 9.42 Å². The number of piperidine rings is 1. The van der Waals surface area contributed by atoms with Crippen LogP contribution in [0.1, 0.15) is 24.7 Å². The average Bonchev–Trinajstić information content (AvgIpc) is 3.17. The lowest BCUT2D eigenvalue weighted by Gasteiger charge is -2.32. The van der Waals surface area contributed by atoms with E-state index >= 15 is 0 Å². The Labute approximate surface area is 158 Å². The third-order valence-electron chi connectivity index (χ3n) is 4.58. The number of nitrogens with zero attached hydrogens (tertiary/aromatic N) is 6. The summed E-state index contributed by atoms with van der Waals surface area (Å²) < 4.78 is 7.33. The summed E-state index contributed by atoms with van der Waals surface area (Å²) in [5.41, 5.74) is 1.39. The molecule has 0 spiro atoms. The smallest absolute Gasteiger partial charge is 0.282 e. The van der Waals surface area contributed by atoms with Gasteiger partial charge in [0, 0.05) is 32.3 Å². The van der Waals surface area contributed by atoms with Crippen molar-refractivity contribution in [2.45, 2.75) is 18.8 Å².